The Bertz CT molecular complexity index is 900. The minimum Gasteiger partial charge on any atom is -0.325 e. The third-order valence-corrected chi connectivity index (χ3v) is 5.64. The molecular formula is C18H22ClN3O3S. The van der Waals surface area contributed by atoms with Crippen molar-refractivity contribution in [2.24, 2.45) is 5.73 Å². The Labute approximate surface area is 158 Å². The second kappa shape index (κ2) is 8.53. The van der Waals surface area contributed by atoms with E-state index in [1.807, 2.05) is 6.92 Å². The number of amides is 1. The van der Waals surface area contributed by atoms with Gasteiger partial charge >= 0.3 is 0 Å². The summed E-state index contributed by atoms with van der Waals surface area (Å²) in [7, 11) is -3.87. The molecule has 0 saturated heterocycles. The van der Waals surface area contributed by atoms with E-state index in [1.54, 1.807) is 43.3 Å². The summed E-state index contributed by atoms with van der Waals surface area (Å²) in [5, 5.41) is 2.95. The quantitative estimate of drug-likeness (QED) is 0.667. The fourth-order valence-corrected chi connectivity index (χ4v) is 3.98. The number of sulfonamides is 1. The number of benzene rings is 2. The summed E-state index contributed by atoms with van der Waals surface area (Å²) in [6, 6.07) is 10.6. The van der Waals surface area contributed by atoms with Crippen molar-refractivity contribution in [1.82, 2.24) is 0 Å². The van der Waals surface area contributed by atoms with Crippen LogP contribution in [0.3, 0.4) is 0 Å². The van der Waals surface area contributed by atoms with E-state index in [9.17, 15) is 13.2 Å². The van der Waals surface area contributed by atoms with Crippen LogP contribution in [-0.2, 0) is 14.8 Å². The lowest BCUT2D eigenvalue weighted by Gasteiger charge is -2.15. The van der Waals surface area contributed by atoms with Gasteiger partial charge in [-0.1, -0.05) is 43.1 Å². The van der Waals surface area contributed by atoms with Crippen LogP contribution in [0.15, 0.2) is 47.4 Å². The van der Waals surface area contributed by atoms with Gasteiger partial charge in [0.1, 0.15) is 0 Å². The molecule has 1 amide bonds. The summed E-state index contributed by atoms with van der Waals surface area (Å²) < 4.78 is 28.0. The van der Waals surface area contributed by atoms with Crippen LogP contribution in [0.1, 0.15) is 25.3 Å². The Morgan fingerprint density at radius 3 is 2.58 bits per heavy atom. The second-order valence-corrected chi connectivity index (χ2v) is 8.01. The van der Waals surface area contributed by atoms with Crippen LogP contribution >= 0.6 is 11.6 Å². The predicted molar refractivity (Wildman–Crippen MR) is 105 cm³/mol. The number of carbonyl (C=O) groups is 1. The van der Waals surface area contributed by atoms with Crippen LogP contribution in [0.5, 0.6) is 0 Å². The zero-order valence-corrected chi connectivity index (χ0v) is 16.2. The van der Waals surface area contributed by atoms with Crippen molar-refractivity contribution in [3.8, 4) is 0 Å². The Kier molecular flexibility index (Phi) is 6.63. The highest BCUT2D eigenvalue weighted by atomic mass is 35.5. The van der Waals surface area contributed by atoms with E-state index < -0.39 is 16.1 Å². The summed E-state index contributed by atoms with van der Waals surface area (Å²) in [4.78, 5) is 12.1. The van der Waals surface area contributed by atoms with Crippen molar-refractivity contribution in [2.75, 3.05) is 10.0 Å². The molecule has 8 heteroatoms. The number of carbonyl (C=O) groups excluding carboxylic acids is 1. The topological polar surface area (TPSA) is 101 Å². The van der Waals surface area contributed by atoms with Gasteiger partial charge in [0.2, 0.25) is 5.91 Å². The molecule has 0 aliphatic heterocycles. The average Bonchev–Trinajstić information content (AvgIpc) is 2.58. The first-order valence-electron chi connectivity index (χ1n) is 8.19. The molecular weight excluding hydrogens is 374 g/mol. The number of rotatable bonds is 7. The minimum absolute atomic E-state index is 0.0549. The van der Waals surface area contributed by atoms with Crippen molar-refractivity contribution >= 4 is 38.9 Å². The number of hydrogen-bond acceptors (Lipinski definition) is 4. The molecule has 26 heavy (non-hydrogen) atoms. The molecule has 0 radical (unpaired) electrons. The smallest absolute Gasteiger partial charge is 0.262 e. The largest absolute Gasteiger partial charge is 0.325 e. The lowest BCUT2D eigenvalue weighted by Crippen LogP contribution is -2.35. The van der Waals surface area contributed by atoms with Crippen molar-refractivity contribution in [1.29, 1.82) is 0 Å². The molecule has 0 aliphatic carbocycles. The van der Waals surface area contributed by atoms with E-state index >= 15 is 0 Å². The van der Waals surface area contributed by atoms with E-state index in [-0.39, 0.29) is 16.5 Å². The van der Waals surface area contributed by atoms with Crippen molar-refractivity contribution in [2.45, 2.75) is 37.6 Å². The highest BCUT2D eigenvalue weighted by molar-refractivity contribution is 7.92. The summed E-state index contributed by atoms with van der Waals surface area (Å²) in [6.07, 6.45) is 1.33. The minimum atomic E-state index is -3.87. The van der Waals surface area contributed by atoms with Crippen LogP contribution in [0.2, 0.25) is 5.02 Å². The Morgan fingerprint density at radius 2 is 1.92 bits per heavy atom. The zero-order chi connectivity index (χ0) is 19.3. The summed E-state index contributed by atoms with van der Waals surface area (Å²) in [5.41, 5.74) is 6.99. The molecule has 0 spiro atoms. The Balaban J connectivity index is 2.28. The molecule has 140 valence electrons. The van der Waals surface area contributed by atoms with E-state index in [4.69, 9.17) is 17.3 Å². The third-order valence-electron chi connectivity index (χ3n) is 3.80. The van der Waals surface area contributed by atoms with Crippen molar-refractivity contribution in [3.63, 3.8) is 0 Å². The van der Waals surface area contributed by atoms with E-state index in [0.29, 0.717) is 22.7 Å². The average molecular weight is 396 g/mol. The molecule has 6 nitrogen and oxygen atoms in total. The van der Waals surface area contributed by atoms with Crippen LogP contribution in [-0.4, -0.2) is 20.4 Å². The maximum Gasteiger partial charge on any atom is 0.262 e. The molecule has 1 unspecified atom stereocenters. The number of anilines is 2. The van der Waals surface area contributed by atoms with Gasteiger partial charge in [0.05, 0.1) is 21.6 Å². The van der Waals surface area contributed by atoms with Crippen LogP contribution in [0, 0.1) is 6.92 Å². The molecule has 2 aromatic rings. The predicted octanol–water partition coefficient (Wildman–Crippen LogP) is 3.52. The first-order valence-corrected chi connectivity index (χ1v) is 10.0. The number of nitrogens with two attached hydrogens (primary N) is 1. The molecule has 0 bridgehead atoms. The Morgan fingerprint density at radius 1 is 1.23 bits per heavy atom. The van der Waals surface area contributed by atoms with Crippen LogP contribution < -0.4 is 15.8 Å². The highest BCUT2D eigenvalue weighted by Gasteiger charge is 2.20. The van der Waals surface area contributed by atoms with Gasteiger partial charge in [-0.15, -0.1) is 0 Å². The van der Waals surface area contributed by atoms with Crippen LogP contribution in [0.4, 0.5) is 11.4 Å². The Hall–Kier alpha value is -2.09. The van der Waals surface area contributed by atoms with Crippen molar-refractivity contribution < 1.29 is 13.2 Å². The molecule has 1 atom stereocenters. The maximum absolute atomic E-state index is 12.7. The summed E-state index contributed by atoms with van der Waals surface area (Å²) >= 11 is 6.02. The molecule has 0 fully saturated rings. The monoisotopic (exact) mass is 395 g/mol. The number of nitrogens with one attached hydrogen (secondary N) is 2. The van der Waals surface area contributed by atoms with Gasteiger partial charge in [-0.2, -0.15) is 0 Å². The first kappa shape index (κ1) is 20.2. The van der Waals surface area contributed by atoms with E-state index in [0.717, 1.165) is 6.42 Å². The van der Waals surface area contributed by atoms with Gasteiger partial charge in [-0.25, -0.2) is 8.42 Å². The van der Waals surface area contributed by atoms with Gasteiger partial charge in [-0.05, 0) is 43.2 Å². The standard InChI is InChI=1S/C18H22ClN3O3S/c1-3-6-15(20)18(23)21-13-10-9-12(2)17(11-13)26(24,25)22-16-8-5-4-7-14(16)19/h4-5,7-11,15,22H,3,6,20H2,1-2H3,(H,21,23). The molecule has 0 aromatic heterocycles. The number of para-hydroxylation sites is 1. The fraction of sp³-hybridized carbons (Fsp3) is 0.278. The molecule has 0 aliphatic rings. The second-order valence-electron chi connectivity index (χ2n) is 5.95. The van der Waals surface area contributed by atoms with E-state index in [1.165, 1.54) is 6.07 Å². The number of hydrogen-bond donors (Lipinski definition) is 3. The first-order chi connectivity index (χ1) is 12.2. The van der Waals surface area contributed by atoms with Gasteiger partial charge in [0.25, 0.3) is 10.0 Å². The summed E-state index contributed by atoms with van der Waals surface area (Å²) in [5.74, 6) is -0.349. The maximum atomic E-state index is 12.7. The zero-order valence-electron chi connectivity index (χ0n) is 14.6. The lowest BCUT2D eigenvalue weighted by molar-refractivity contribution is -0.117. The molecule has 2 rings (SSSR count). The fourth-order valence-electron chi connectivity index (χ4n) is 2.39. The third kappa shape index (κ3) is 4.97. The SMILES string of the molecule is CCCC(N)C(=O)Nc1ccc(C)c(S(=O)(=O)Nc2ccccc2Cl)c1. The van der Waals surface area contributed by atoms with Gasteiger partial charge in [-0.3, -0.25) is 9.52 Å². The number of halogens is 1. The van der Waals surface area contributed by atoms with Gasteiger partial charge in [0, 0.05) is 5.69 Å². The molecule has 0 heterocycles. The number of aryl methyl sites for hydroxylation is 1. The van der Waals surface area contributed by atoms with Crippen molar-refractivity contribution in [3.05, 3.63) is 53.1 Å². The highest BCUT2D eigenvalue weighted by Crippen LogP contribution is 2.26. The lowest BCUT2D eigenvalue weighted by atomic mass is 10.1. The van der Waals surface area contributed by atoms with E-state index in [2.05, 4.69) is 10.0 Å². The molecule has 0 saturated carbocycles. The van der Waals surface area contributed by atoms with Gasteiger partial charge in [0.15, 0.2) is 0 Å². The normalized spacial score (nSPS) is 12.5. The molecule has 4 N–H and O–H groups in total. The van der Waals surface area contributed by atoms with Crippen LogP contribution in [0.25, 0.3) is 0 Å². The van der Waals surface area contributed by atoms with Gasteiger partial charge < -0.3 is 11.1 Å². The summed E-state index contributed by atoms with van der Waals surface area (Å²) in [6.45, 7) is 3.61. The molecule has 2 aromatic carbocycles.